The number of hydrogen-bond donors (Lipinski definition) is 6. The summed E-state index contributed by atoms with van der Waals surface area (Å²) >= 11 is 5.29. The van der Waals surface area contributed by atoms with E-state index in [-0.39, 0.29) is 30.3 Å². The Kier molecular flexibility index (Phi) is 11.3. The number of nitrogens with two attached hydrogens (primary N) is 1. The number of amides is 2. The first-order valence-corrected chi connectivity index (χ1v) is 9.50. The van der Waals surface area contributed by atoms with Crippen LogP contribution in [0.25, 0.3) is 0 Å². The van der Waals surface area contributed by atoms with Crippen molar-refractivity contribution in [3.63, 3.8) is 0 Å². The standard InChI is InChI=1S/C14H25N3O6S2/c1-7(25-2)11(14(22)23)17-12(19)9(6-24)16-10(18)5-3-4-8(15)13(20)21/h7-9,11,24H,3-6,15H2,1-2H3,(H,16,18)(H,17,19)(H,20,21)(H,22,23). The van der Waals surface area contributed by atoms with E-state index in [1.807, 2.05) is 0 Å². The summed E-state index contributed by atoms with van der Waals surface area (Å²) in [5, 5.41) is 22.3. The molecule has 0 saturated carbocycles. The number of carbonyl (C=O) groups excluding carboxylic acids is 2. The van der Waals surface area contributed by atoms with Crippen LogP contribution in [0.15, 0.2) is 0 Å². The summed E-state index contributed by atoms with van der Waals surface area (Å²) in [6, 6.07) is -3.11. The van der Waals surface area contributed by atoms with Gasteiger partial charge in [-0.1, -0.05) is 6.92 Å². The maximum atomic E-state index is 12.2. The molecule has 0 saturated heterocycles. The molecule has 9 nitrogen and oxygen atoms in total. The van der Waals surface area contributed by atoms with Gasteiger partial charge in [0, 0.05) is 17.4 Å². The number of carboxylic acids is 2. The first kappa shape index (κ1) is 23.5. The molecule has 4 atom stereocenters. The van der Waals surface area contributed by atoms with Crippen molar-refractivity contribution in [1.82, 2.24) is 10.6 Å². The number of hydrogen-bond acceptors (Lipinski definition) is 7. The molecular weight excluding hydrogens is 370 g/mol. The van der Waals surface area contributed by atoms with E-state index < -0.39 is 41.9 Å². The molecular formula is C14H25N3O6S2. The van der Waals surface area contributed by atoms with Crippen LogP contribution in [0.2, 0.25) is 0 Å². The number of nitrogens with one attached hydrogen (secondary N) is 2. The molecule has 2 amide bonds. The monoisotopic (exact) mass is 395 g/mol. The zero-order chi connectivity index (χ0) is 19.6. The topological polar surface area (TPSA) is 159 Å². The molecule has 25 heavy (non-hydrogen) atoms. The number of thioether (sulfide) groups is 1. The molecule has 0 radical (unpaired) electrons. The van der Waals surface area contributed by atoms with E-state index >= 15 is 0 Å². The summed E-state index contributed by atoms with van der Waals surface area (Å²) in [6.07, 6.45) is 2.11. The summed E-state index contributed by atoms with van der Waals surface area (Å²) in [7, 11) is 0. The number of aliphatic carboxylic acids is 2. The number of carbonyl (C=O) groups is 4. The molecule has 0 aliphatic heterocycles. The molecule has 144 valence electrons. The minimum Gasteiger partial charge on any atom is -0.480 e. The molecule has 0 aromatic carbocycles. The van der Waals surface area contributed by atoms with Gasteiger partial charge in [0.1, 0.15) is 18.1 Å². The maximum Gasteiger partial charge on any atom is 0.327 e. The summed E-state index contributed by atoms with van der Waals surface area (Å²) in [4.78, 5) is 45.8. The highest BCUT2D eigenvalue weighted by atomic mass is 32.2. The van der Waals surface area contributed by atoms with E-state index in [9.17, 15) is 24.3 Å². The van der Waals surface area contributed by atoms with Crippen LogP contribution in [-0.2, 0) is 19.2 Å². The van der Waals surface area contributed by atoms with Crippen LogP contribution in [0.5, 0.6) is 0 Å². The predicted molar refractivity (Wildman–Crippen MR) is 97.8 cm³/mol. The van der Waals surface area contributed by atoms with Gasteiger partial charge in [-0.05, 0) is 19.1 Å². The van der Waals surface area contributed by atoms with Crippen molar-refractivity contribution >= 4 is 48.1 Å². The molecule has 0 spiro atoms. The minimum atomic E-state index is -1.16. The zero-order valence-electron chi connectivity index (χ0n) is 14.1. The van der Waals surface area contributed by atoms with Crippen molar-refractivity contribution in [2.75, 3.05) is 12.0 Å². The van der Waals surface area contributed by atoms with Crippen molar-refractivity contribution in [1.29, 1.82) is 0 Å². The summed E-state index contributed by atoms with van der Waals surface area (Å²) < 4.78 is 0. The Labute approximate surface area is 155 Å². The number of rotatable bonds is 12. The Morgan fingerprint density at radius 3 is 2.20 bits per heavy atom. The average molecular weight is 396 g/mol. The maximum absolute atomic E-state index is 12.2. The third-order valence-electron chi connectivity index (χ3n) is 3.48. The van der Waals surface area contributed by atoms with Crippen molar-refractivity contribution in [2.24, 2.45) is 5.73 Å². The molecule has 0 heterocycles. The smallest absolute Gasteiger partial charge is 0.327 e. The Hall–Kier alpha value is -1.46. The van der Waals surface area contributed by atoms with Crippen molar-refractivity contribution in [3.8, 4) is 0 Å². The van der Waals surface area contributed by atoms with Crippen molar-refractivity contribution in [2.45, 2.75) is 49.6 Å². The van der Waals surface area contributed by atoms with Gasteiger partial charge >= 0.3 is 11.9 Å². The molecule has 6 N–H and O–H groups in total. The van der Waals surface area contributed by atoms with Crippen LogP contribution in [0.1, 0.15) is 26.2 Å². The summed E-state index contributed by atoms with van der Waals surface area (Å²) in [6.45, 7) is 1.67. The lowest BCUT2D eigenvalue weighted by Gasteiger charge is -2.23. The molecule has 0 aliphatic carbocycles. The SMILES string of the molecule is CSC(C)C(NC(=O)C(CS)NC(=O)CCCC(N)C(=O)O)C(=O)O. The van der Waals surface area contributed by atoms with Gasteiger partial charge in [0.2, 0.25) is 11.8 Å². The second-order valence-corrected chi connectivity index (χ2v) is 6.99. The van der Waals surface area contributed by atoms with Gasteiger partial charge in [-0.2, -0.15) is 24.4 Å². The summed E-state index contributed by atoms with van der Waals surface area (Å²) in [5.74, 6) is -3.42. The van der Waals surface area contributed by atoms with Gasteiger partial charge in [0.25, 0.3) is 0 Å². The van der Waals surface area contributed by atoms with Gasteiger partial charge in [-0.25, -0.2) is 4.79 Å². The summed E-state index contributed by atoms with van der Waals surface area (Å²) in [5.41, 5.74) is 5.34. The molecule has 0 fully saturated rings. The fourth-order valence-corrected chi connectivity index (χ4v) is 2.55. The Morgan fingerprint density at radius 1 is 1.16 bits per heavy atom. The largest absolute Gasteiger partial charge is 0.480 e. The lowest BCUT2D eigenvalue weighted by Crippen LogP contribution is -2.54. The quantitative estimate of drug-likeness (QED) is 0.237. The number of carboxylic acid groups (broad SMARTS) is 2. The number of thiol groups is 1. The molecule has 0 aliphatic rings. The minimum absolute atomic E-state index is 0.00209. The van der Waals surface area contributed by atoms with Gasteiger partial charge < -0.3 is 26.6 Å². The first-order chi connectivity index (χ1) is 11.6. The van der Waals surface area contributed by atoms with E-state index in [0.717, 1.165) is 0 Å². The average Bonchev–Trinajstić information content (AvgIpc) is 2.55. The molecule has 11 heteroatoms. The predicted octanol–water partition coefficient (Wildman–Crippen LogP) is -0.696. The van der Waals surface area contributed by atoms with E-state index in [4.69, 9.17) is 10.8 Å². The highest BCUT2D eigenvalue weighted by Crippen LogP contribution is 2.11. The highest BCUT2D eigenvalue weighted by molar-refractivity contribution is 7.99. The normalized spacial score (nSPS) is 15.5. The molecule has 0 aromatic heterocycles. The third kappa shape index (κ3) is 8.98. The van der Waals surface area contributed by atoms with E-state index in [1.54, 1.807) is 13.2 Å². The fourth-order valence-electron chi connectivity index (χ4n) is 1.84. The lowest BCUT2D eigenvalue weighted by atomic mass is 10.1. The van der Waals surface area contributed by atoms with Crippen molar-refractivity contribution in [3.05, 3.63) is 0 Å². The highest BCUT2D eigenvalue weighted by Gasteiger charge is 2.29. The third-order valence-corrected chi connectivity index (χ3v) is 4.86. The molecule has 0 rings (SSSR count). The Morgan fingerprint density at radius 2 is 1.76 bits per heavy atom. The van der Waals surface area contributed by atoms with E-state index in [0.29, 0.717) is 0 Å². The van der Waals surface area contributed by atoms with E-state index in [2.05, 4.69) is 23.3 Å². The van der Waals surface area contributed by atoms with Gasteiger partial charge in [-0.3, -0.25) is 14.4 Å². The lowest BCUT2D eigenvalue weighted by molar-refractivity contribution is -0.142. The van der Waals surface area contributed by atoms with Crippen LogP contribution in [-0.4, -0.2) is 69.4 Å². The second-order valence-electron chi connectivity index (χ2n) is 5.40. The van der Waals surface area contributed by atoms with E-state index in [1.165, 1.54) is 11.8 Å². The second kappa shape index (κ2) is 12.0. The van der Waals surface area contributed by atoms with Crippen LogP contribution in [0, 0.1) is 0 Å². The van der Waals surface area contributed by atoms with Gasteiger partial charge in [0.05, 0.1) is 0 Å². The van der Waals surface area contributed by atoms with Crippen LogP contribution in [0.4, 0.5) is 0 Å². The van der Waals surface area contributed by atoms with Gasteiger partial charge in [-0.15, -0.1) is 0 Å². The zero-order valence-corrected chi connectivity index (χ0v) is 15.8. The van der Waals surface area contributed by atoms with Crippen LogP contribution < -0.4 is 16.4 Å². The molecule has 0 aromatic rings. The van der Waals surface area contributed by atoms with Crippen molar-refractivity contribution < 1.29 is 29.4 Å². The van der Waals surface area contributed by atoms with Gasteiger partial charge in [0.15, 0.2) is 0 Å². The molecule has 0 bridgehead atoms. The Bertz CT molecular complexity index is 491. The fraction of sp³-hybridized carbons (Fsp3) is 0.714. The van der Waals surface area contributed by atoms with Crippen LogP contribution in [0.3, 0.4) is 0 Å². The van der Waals surface area contributed by atoms with Crippen LogP contribution >= 0.6 is 24.4 Å². The molecule has 4 unspecified atom stereocenters. The first-order valence-electron chi connectivity index (χ1n) is 7.58. The Balaban J connectivity index is 4.55.